The number of aryl methyl sites for hydroxylation is 1. The van der Waals surface area contributed by atoms with Crippen molar-refractivity contribution in [3.8, 4) is 0 Å². The van der Waals surface area contributed by atoms with Crippen molar-refractivity contribution in [2.24, 2.45) is 0 Å². The number of alkyl halides is 3. The molecule has 1 N–H and O–H groups in total. The standard InChI is InChI=1S/C20H17ClF3N3O/c1-12-18(21)13(2)27(26-12)11-14-6-5-7-15(10-14)19(28)25-17-9-4-3-8-16(17)20(22,23)24/h3-10H,11H2,1-2H3,(H,25,28). The number of aromatic nitrogens is 2. The summed E-state index contributed by atoms with van der Waals surface area (Å²) in [5, 5.41) is 7.27. The highest BCUT2D eigenvalue weighted by Gasteiger charge is 2.33. The predicted molar refractivity (Wildman–Crippen MR) is 102 cm³/mol. The Labute approximate surface area is 164 Å². The zero-order chi connectivity index (χ0) is 20.5. The molecule has 0 atom stereocenters. The average molecular weight is 408 g/mol. The number of rotatable bonds is 4. The molecule has 1 heterocycles. The first-order valence-corrected chi connectivity index (χ1v) is 8.80. The molecule has 0 fully saturated rings. The minimum atomic E-state index is -4.56. The molecule has 0 aliphatic heterocycles. The van der Waals surface area contributed by atoms with Crippen LogP contribution in [0.25, 0.3) is 0 Å². The van der Waals surface area contributed by atoms with E-state index in [0.29, 0.717) is 17.3 Å². The van der Waals surface area contributed by atoms with Crippen LogP contribution in [0.15, 0.2) is 48.5 Å². The first-order valence-electron chi connectivity index (χ1n) is 8.43. The van der Waals surface area contributed by atoms with Gasteiger partial charge in [0.25, 0.3) is 5.91 Å². The molecule has 4 nitrogen and oxygen atoms in total. The van der Waals surface area contributed by atoms with E-state index in [1.165, 1.54) is 18.2 Å². The van der Waals surface area contributed by atoms with Crippen LogP contribution in [-0.2, 0) is 12.7 Å². The largest absolute Gasteiger partial charge is 0.418 e. The van der Waals surface area contributed by atoms with E-state index in [1.807, 2.05) is 13.0 Å². The van der Waals surface area contributed by atoms with Crippen LogP contribution in [0, 0.1) is 13.8 Å². The van der Waals surface area contributed by atoms with Crippen LogP contribution in [0.2, 0.25) is 5.02 Å². The van der Waals surface area contributed by atoms with Crippen molar-refractivity contribution >= 4 is 23.2 Å². The maximum Gasteiger partial charge on any atom is 0.418 e. The van der Waals surface area contributed by atoms with Gasteiger partial charge >= 0.3 is 6.18 Å². The summed E-state index contributed by atoms with van der Waals surface area (Å²) in [5.74, 6) is -0.620. The lowest BCUT2D eigenvalue weighted by Crippen LogP contribution is -2.17. The molecule has 146 valence electrons. The Bertz CT molecular complexity index is 1030. The van der Waals surface area contributed by atoms with Gasteiger partial charge in [-0.15, -0.1) is 0 Å². The highest BCUT2D eigenvalue weighted by atomic mass is 35.5. The second-order valence-electron chi connectivity index (χ2n) is 6.34. The highest BCUT2D eigenvalue weighted by Crippen LogP contribution is 2.34. The van der Waals surface area contributed by atoms with Crippen LogP contribution in [0.3, 0.4) is 0 Å². The number of hydrogen-bond donors (Lipinski definition) is 1. The number of anilines is 1. The van der Waals surface area contributed by atoms with Crippen LogP contribution in [0.4, 0.5) is 18.9 Å². The van der Waals surface area contributed by atoms with Crippen LogP contribution in [-0.4, -0.2) is 15.7 Å². The molecule has 1 aromatic heterocycles. The molecule has 0 aliphatic carbocycles. The van der Waals surface area contributed by atoms with Crippen molar-refractivity contribution in [2.45, 2.75) is 26.6 Å². The van der Waals surface area contributed by atoms with Crippen molar-refractivity contribution in [2.75, 3.05) is 5.32 Å². The Hall–Kier alpha value is -2.80. The van der Waals surface area contributed by atoms with E-state index in [-0.39, 0.29) is 11.3 Å². The second kappa shape index (κ2) is 7.67. The van der Waals surface area contributed by atoms with Gasteiger partial charge in [-0.2, -0.15) is 18.3 Å². The fourth-order valence-electron chi connectivity index (χ4n) is 2.85. The fraction of sp³-hybridized carbons (Fsp3) is 0.200. The van der Waals surface area contributed by atoms with Gasteiger partial charge in [-0.05, 0) is 43.7 Å². The summed E-state index contributed by atoms with van der Waals surface area (Å²) >= 11 is 6.15. The van der Waals surface area contributed by atoms with Gasteiger partial charge < -0.3 is 5.32 Å². The maximum absolute atomic E-state index is 13.1. The van der Waals surface area contributed by atoms with E-state index in [9.17, 15) is 18.0 Å². The van der Waals surface area contributed by atoms with E-state index in [0.717, 1.165) is 17.3 Å². The fourth-order valence-corrected chi connectivity index (χ4v) is 2.98. The summed E-state index contributed by atoms with van der Waals surface area (Å²) in [5.41, 5.74) is 1.36. The minimum Gasteiger partial charge on any atom is -0.321 e. The molecule has 0 aliphatic rings. The molecule has 0 saturated carbocycles. The van der Waals surface area contributed by atoms with E-state index >= 15 is 0 Å². The lowest BCUT2D eigenvalue weighted by molar-refractivity contribution is -0.136. The summed E-state index contributed by atoms with van der Waals surface area (Å²) in [7, 11) is 0. The molecule has 2 aromatic carbocycles. The van der Waals surface area contributed by atoms with Crippen molar-refractivity contribution in [3.63, 3.8) is 0 Å². The molecule has 1 amide bonds. The minimum absolute atomic E-state index is 0.252. The average Bonchev–Trinajstić information content (AvgIpc) is 2.88. The van der Waals surface area contributed by atoms with E-state index in [2.05, 4.69) is 10.4 Å². The quantitative estimate of drug-likeness (QED) is 0.623. The molecule has 3 rings (SSSR count). The Kier molecular flexibility index (Phi) is 5.47. The second-order valence-corrected chi connectivity index (χ2v) is 6.72. The van der Waals surface area contributed by atoms with Crippen LogP contribution >= 0.6 is 11.6 Å². The topological polar surface area (TPSA) is 46.9 Å². The number of carbonyl (C=O) groups is 1. The van der Waals surface area contributed by atoms with Crippen LogP contribution < -0.4 is 5.32 Å². The van der Waals surface area contributed by atoms with E-state index in [1.54, 1.807) is 29.8 Å². The smallest absolute Gasteiger partial charge is 0.321 e. The third-order valence-electron chi connectivity index (χ3n) is 4.30. The van der Waals surface area contributed by atoms with Crippen LogP contribution in [0.1, 0.15) is 32.9 Å². The number of nitrogens with one attached hydrogen (secondary N) is 1. The molecule has 0 saturated heterocycles. The Balaban J connectivity index is 1.83. The zero-order valence-electron chi connectivity index (χ0n) is 15.1. The molecule has 0 spiro atoms. The lowest BCUT2D eigenvalue weighted by Gasteiger charge is -2.14. The number of carbonyl (C=O) groups excluding carboxylic acids is 1. The van der Waals surface area contributed by atoms with Gasteiger partial charge in [-0.1, -0.05) is 35.9 Å². The molecule has 28 heavy (non-hydrogen) atoms. The zero-order valence-corrected chi connectivity index (χ0v) is 15.9. The summed E-state index contributed by atoms with van der Waals surface area (Å²) in [6, 6.07) is 11.5. The molecular formula is C20H17ClF3N3O. The van der Waals surface area contributed by atoms with Gasteiger partial charge in [-0.3, -0.25) is 9.48 Å². The lowest BCUT2D eigenvalue weighted by atomic mass is 10.1. The monoisotopic (exact) mass is 407 g/mol. The number of nitrogens with zero attached hydrogens (tertiary/aromatic N) is 2. The molecule has 0 bridgehead atoms. The van der Waals surface area contributed by atoms with Gasteiger partial charge in [-0.25, -0.2) is 0 Å². The number of benzene rings is 2. The molecule has 3 aromatic rings. The van der Waals surface area contributed by atoms with Gasteiger partial charge in [0.15, 0.2) is 0 Å². The molecule has 0 radical (unpaired) electrons. The van der Waals surface area contributed by atoms with Gasteiger partial charge in [0.1, 0.15) is 0 Å². The predicted octanol–water partition coefficient (Wildman–Crippen LogP) is 5.47. The van der Waals surface area contributed by atoms with Gasteiger partial charge in [0.2, 0.25) is 0 Å². The Morgan fingerprint density at radius 3 is 2.50 bits per heavy atom. The summed E-state index contributed by atoms with van der Waals surface area (Å²) in [4.78, 5) is 12.5. The summed E-state index contributed by atoms with van der Waals surface area (Å²) in [6.07, 6.45) is -4.56. The molecule has 0 unspecified atom stereocenters. The molecule has 8 heteroatoms. The van der Waals surface area contributed by atoms with Crippen molar-refractivity contribution in [1.29, 1.82) is 0 Å². The normalized spacial score (nSPS) is 11.5. The number of hydrogen-bond acceptors (Lipinski definition) is 2. The maximum atomic E-state index is 13.1. The molecular weight excluding hydrogens is 391 g/mol. The number of halogens is 4. The van der Waals surface area contributed by atoms with Crippen LogP contribution in [0.5, 0.6) is 0 Å². The first-order chi connectivity index (χ1) is 13.2. The summed E-state index contributed by atoms with van der Waals surface area (Å²) < 4.78 is 41.0. The van der Waals surface area contributed by atoms with E-state index in [4.69, 9.17) is 11.6 Å². The highest BCUT2D eigenvalue weighted by molar-refractivity contribution is 6.31. The number of para-hydroxylation sites is 1. The third-order valence-corrected chi connectivity index (χ3v) is 4.84. The van der Waals surface area contributed by atoms with Crippen molar-refractivity contribution in [1.82, 2.24) is 9.78 Å². The summed E-state index contributed by atoms with van der Waals surface area (Å²) in [6.45, 7) is 4.03. The first kappa shape index (κ1) is 19.9. The Morgan fingerprint density at radius 1 is 1.14 bits per heavy atom. The van der Waals surface area contributed by atoms with E-state index < -0.39 is 17.6 Å². The third kappa shape index (κ3) is 4.20. The van der Waals surface area contributed by atoms with Crippen molar-refractivity contribution < 1.29 is 18.0 Å². The van der Waals surface area contributed by atoms with Gasteiger partial charge in [0, 0.05) is 5.56 Å². The SMILES string of the molecule is Cc1nn(Cc2cccc(C(=O)Nc3ccccc3C(F)(F)F)c2)c(C)c1Cl. The van der Waals surface area contributed by atoms with Gasteiger partial charge in [0.05, 0.1) is 34.2 Å². The number of amides is 1. The van der Waals surface area contributed by atoms with Crippen molar-refractivity contribution in [3.05, 3.63) is 81.6 Å². The Morgan fingerprint density at radius 2 is 1.86 bits per heavy atom.